The quantitative estimate of drug-likeness (QED) is 0.206. The Bertz CT molecular complexity index is 1310. The number of rotatable bonds is 16. The minimum absolute atomic E-state index is 0.0579. The number of aromatic amines is 1. The zero-order chi connectivity index (χ0) is 33.5. The van der Waals surface area contributed by atoms with Crippen LogP contribution >= 0.6 is 0 Å². The number of H-pyrrole nitrogens is 1. The summed E-state index contributed by atoms with van der Waals surface area (Å²) < 4.78 is 0. The van der Waals surface area contributed by atoms with Gasteiger partial charge in [-0.25, -0.2) is 0 Å². The van der Waals surface area contributed by atoms with Crippen molar-refractivity contribution in [3.8, 4) is 0 Å². The van der Waals surface area contributed by atoms with Crippen molar-refractivity contribution in [2.45, 2.75) is 103 Å². The van der Waals surface area contributed by atoms with Gasteiger partial charge >= 0.3 is 0 Å². The third kappa shape index (κ3) is 11.6. The number of para-hydroxylation sites is 1. The van der Waals surface area contributed by atoms with Crippen LogP contribution in [0.1, 0.15) is 90.5 Å². The van der Waals surface area contributed by atoms with Crippen LogP contribution in [-0.2, 0) is 30.4 Å². The molecule has 1 fully saturated rings. The molecule has 11 nitrogen and oxygen atoms in total. The SMILES string of the molecule is CCC(=O)CCCCC[C@@H]1NC(=O)[C@H](CCCCN)NC(=O)CCN(CC(C)C)C(=O)CN(CCc2c[nH]c3ccccc23)C1=O. The van der Waals surface area contributed by atoms with Gasteiger partial charge in [0.15, 0.2) is 0 Å². The lowest BCUT2D eigenvalue weighted by molar-refractivity contribution is -0.143. The Morgan fingerprint density at radius 2 is 1.70 bits per heavy atom. The van der Waals surface area contributed by atoms with Crippen LogP contribution in [0.4, 0.5) is 0 Å². The number of nitrogens with zero attached hydrogens (tertiary/aromatic N) is 2. The van der Waals surface area contributed by atoms with Gasteiger partial charge in [0.25, 0.3) is 0 Å². The fraction of sp³-hybridized carbons (Fsp3) is 0.629. The minimum Gasteiger partial charge on any atom is -0.361 e. The number of amides is 4. The molecule has 3 rings (SSSR count). The molecule has 2 aromatic rings. The van der Waals surface area contributed by atoms with E-state index in [2.05, 4.69) is 15.6 Å². The van der Waals surface area contributed by atoms with Gasteiger partial charge in [0.05, 0.1) is 6.54 Å². The lowest BCUT2D eigenvalue weighted by atomic mass is 10.0. The Kier molecular flexibility index (Phi) is 15.2. The summed E-state index contributed by atoms with van der Waals surface area (Å²) in [6.07, 6.45) is 7.70. The van der Waals surface area contributed by atoms with Gasteiger partial charge in [0.1, 0.15) is 17.9 Å². The van der Waals surface area contributed by atoms with Gasteiger partial charge in [-0.05, 0) is 62.6 Å². The van der Waals surface area contributed by atoms with Crippen molar-refractivity contribution in [3.63, 3.8) is 0 Å². The van der Waals surface area contributed by atoms with E-state index in [1.165, 1.54) is 0 Å². The highest BCUT2D eigenvalue weighted by atomic mass is 16.2. The molecule has 46 heavy (non-hydrogen) atoms. The summed E-state index contributed by atoms with van der Waals surface area (Å²) in [5.41, 5.74) is 7.72. The van der Waals surface area contributed by atoms with Crippen LogP contribution in [-0.4, -0.2) is 89.0 Å². The number of benzene rings is 1. The van der Waals surface area contributed by atoms with Crippen LogP contribution in [0.25, 0.3) is 10.9 Å². The van der Waals surface area contributed by atoms with Crippen molar-refractivity contribution in [1.82, 2.24) is 25.4 Å². The summed E-state index contributed by atoms with van der Waals surface area (Å²) >= 11 is 0. The van der Waals surface area contributed by atoms with E-state index in [1.807, 2.05) is 51.2 Å². The first-order valence-electron chi connectivity index (χ1n) is 17.1. The average molecular weight is 639 g/mol. The van der Waals surface area contributed by atoms with Crippen LogP contribution in [0, 0.1) is 5.92 Å². The number of unbranched alkanes of at least 4 members (excludes halogenated alkanes) is 3. The zero-order valence-corrected chi connectivity index (χ0v) is 27.9. The van der Waals surface area contributed by atoms with Gasteiger partial charge in [0, 0.05) is 56.0 Å². The van der Waals surface area contributed by atoms with E-state index in [-0.39, 0.29) is 55.5 Å². The van der Waals surface area contributed by atoms with Crippen molar-refractivity contribution in [3.05, 3.63) is 36.0 Å². The van der Waals surface area contributed by atoms with Gasteiger partial charge in [-0.15, -0.1) is 0 Å². The van der Waals surface area contributed by atoms with E-state index in [0.29, 0.717) is 70.9 Å². The molecular formula is C35H54N6O5. The van der Waals surface area contributed by atoms with Crippen molar-refractivity contribution >= 4 is 40.3 Å². The van der Waals surface area contributed by atoms with E-state index in [9.17, 15) is 24.0 Å². The summed E-state index contributed by atoms with van der Waals surface area (Å²) in [6.45, 7) is 7.13. The van der Waals surface area contributed by atoms with Gasteiger partial charge < -0.3 is 31.2 Å². The molecule has 1 saturated heterocycles. The summed E-state index contributed by atoms with van der Waals surface area (Å²) in [5, 5.41) is 6.87. The number of hydrogen-bond donors (Lipinski definition) is 4. The highest BCUT2D eigenvalue weighted by molar-refractivity contribution is 5.94. The van der Waals surface area contributed by atoms with E-state index >= 15 is 0 Å². The molecule has 0 radical (unpaired) electrons. The topological polar surface area (TPSA) is 158 Å². The smallest absolute Gasteiger partial charge is 0.245 e. The average Bonchev–Trinajstić information content (AvgIpc) is 3.45. The van der Waals surface area contributed by atoms with E-state index in [4.69, 9.17) is 5.73 Å². The number of Topliss-reactive ketones (excluding diaryl/α,β-unsaturated/α-hetero) is 1. The maximum absolute atomic E-state index is 14.3. The van der Waals surface area contributed by atoms with Gasteiger partial charge in [-0.1, -0.05) is 51.8 Å². The monoisotopic (exact) mass is 638 g/mol. The maximum atomic E-state index is 14.3. The van der Waals surface area contributed by atoms with Crippen LogP contribution in [0.3, 0.4) is 0 Å². The third-order valence-corrected chi connectivity index (χ3v) is 8.57. The molecule has 0 unspecified atom stereocenters. The molecule has 11 heteroatoms. The molecule has 0 spiro atoms. The van der Waals surface area contributed by atoms with Gasteiger partial charge in [0.2, 0.25) is 23.6 Å². The van der Waals surface area contributed by atoms with Gasteiger partial charge in [-0.3, -0.25) is 24.0 Å². The fourth-order valence-corrected chi connectivity index (χ4v) is 5.92. The Labute approximate surface area is 273 Å². The molecule has 5 N–H and O–H groups in total. The number of hydrogen-bond acceptors (Lipinski definition) is 6. The van der Waals surface area contributed by atoms with Crippen LogP contribution in [0.5, 0.6) is 0 Å². The van der Waals surface area contributed by atoms with E-state index in [0.717, 1.165) is 22.9 Å². The Morgan fingerprint density at radius 3 is 2.43 bits per heavy atom. The molecule has 254 valence electrons. The highest BCUT2D eigenvalue weighted by Crippen LogP contribution is 2.19. The molecular weight excluding hydrogens is 584 g/mol. The molecule has 0 aliphatic carbocycles. The highest BCUT2D eigenvalue weighted by Gasteiger charge is 2.32. The first-order chi connectivity index (χ1) is 22.1. The van der Waals surface area contributed by atoms with Crippen molar-refractivity contribution in [2.75, 3.05) is 32.7 Å². The molecule has 0 saturated carbocycles. The van der Waals surface area contributed by atoms with Crippen molar-refractivity contribution < 1.29 is 24.0 Å². The number of carbonyl (C=O) groups excluding carboxylic acids is 5. The predicted octanol–water partition coefficient (Wildman–Crippen LogP) is 3.46. The van der Waals surface area contributed by atoms with Crippen LogP contribution < -0.4 is 16.4 Å². The van der Waals surface area contributed by atoms with Gasteiger partial charge in [-0.2, -0.15) is 0 Å². The number of fused-ring (bicyclic) bond motifs is 1. The van der Waals surface area contributed by atoms with Crippen molar-refractivity contribution in [2.24, 2.45) is 11.7 Å². The summed E-state index contributed by atoms with van der Waals surface area (Å²) in [5.74, 6) is -0.898. The first-order valence-corrected chi connectivity index (χ1v) is 17.1. The first kappa shape index (κ1) is 36.7. The Hall–Kier alpha value is -3.73. The number of carbonyl (C=O) groups is 5. The van der Waals surface area contributed by atoms with E-state index < -0.39 is 18.0 Å². The lowest BCUT2D eigenvalue weighted by Gasteiger charge is -2.31. The summed E-state index contributed by atoms with van der Waals surface area (Å²) in [6, 6.07) is 6.26. The predicted molar refractivity (Wildman–Crippen MR) is 180 cm³/mol. The second-order valence-electron chi connectivity index (χ2n) is 12.8. The van der Waals surface area contributed by atoms with Crippen LogP contribution in [0.15, 0.2) is 30.5 Å². The zero-order valence-electron chi connectivity index (χ0n) is 27.9. The third-order valence-electron chi connectivity index (χ3n) is 8.57. The Morgan fingerprint density at radius 1 is 0.957 bits per heavy atom. The summed E-state index contributed by atoms with van der Waals surface area (Å²) in [7, 11) is 0. The number of nitrogens with two attached hydrogens (primary N) is 1. The second-order valence-corrected chi connectivity index (χ2v) is 12.8. The molecule has 4 amide bonds. The Balaban J connectivity index is 1.91. The molecule has 0 bridgehead atoms. The maximum Gasteiger partial charge on any atom is 0.245 e. The molecule has 1 aliphatic heterocycles. The fourth-order valence-electron chi connectivity index (χ4n) is 5.92. The number of ketones is 1. The van der Waals surface area contributed by atoms with Crippen molar-refractivity contribution in [1.29, 1.82) is 0 Å². The molecule has 1 aromatic carbocycles. The normalized spacial score (nSPS) is 18.7. The molecule has 1 aromatic heterocycles. The molecule has 2 atom stereocenters. The second kappa shape index (κ2) is 19.1. The van der Waals surface area contributed by atoms with E-state index in [1.54, 1.807) is 9.80 Å². The standard InChI is InChI=1S/C35H54N6O5/c1-4-27(42)12-6-5-7-16-31-35(46)41(20-17-26-22-37-29-14-9-8-13-28(26)29)24-33(44)40(23-25(2)3)21-18-32(43)38-30(34(45)39-31)15-10-11-19-36/h8-9,13-14,22,25,30-31,37H,4-7,10-12,15-21,23-24,36H2,1-3H3,(H,38,43)(H,39,45)/t30-,31-/m0/s1. The summed E-state index contributed by atoms with van der Waals surface area (Å²) in [4.78, 5) is 73.1. The number of aromatic nitrogens is 1. The molecule has 2 heterocycles. The largest absolute Gasteiger partial charge is 0.361 e. The van der Waals surface area contributed by atoms with Crippen LogP contribution in [0.2, 0.25) is 0 Å². The lowest BCUT2D eigenvalue weighted by Crippen LogP contribution is -2.55. The molecule has 1 aliphatic rings. The minimum atomic E-state index is -0.877. The number of nitrogens with one attached hydrogen (secondary N) is 3.